The Morgan fingerprint density at radius 3 is 2.76 bits per heavy atom. The fraction of sp³-hybridized carbons (Fsp3) is 0.429. The first-order chi connectivity index (χ1) is 10.0. The summed E-state index contributed by atoms with van der Waals surface area (Å²) < 4.78 is 10.7. The van der Waals surface area contributed by atoms with E-state index in [-0.39, 0.29) is 18.6 Å². The van der Waals surface area contributed by atoms with Crippen molar-refractivity contribution in [2.75, 3.05) is 29.9 Å². The first-order valence-electron chi connectivity index (χ1n) is 6.77. The third-order valence-corrected chi connectivity index (χ3v) is 3.74. The van der Waals surface area contributed by atoms with Crippen molar-refractivity contribution in [3.63, 3.8) is 0 Å². The molecule has 1 fully saturated rings. The van der Waals surface area contributed by atoms with E-state index in [9.17, 15) is 9.59 Å². The molecule has 2 amide bonds. The van der Waals surface area contributed by atoms with Gasteiger partial charge in [0.2, 0.25) is 0 Å². The number of carbonyl (C=O) groups excluding carboxylic acids is 2. The van der Waals surface area contributed by atoms with E-state index < -0.39 is 12.2 Å². The van der Waals surface area contributed by atoms with E-state index >= 15 is 0 Å². The van der Waals surface area contributed by atoms with Gasteiger partial charge in [0.05, 0.1) is 17.9 Å². The van der Waals surface area contributed by atoms with Crippen LogP contribution >= 0.6 is 0 Å². The molecule has 0 saturated carbocycles. The van der Waals surface area contributed by atoms with E-state index in [0.717, 1.165) is 0 Å². The van der Waals surface area contributed by atoms with Gasteiger partial charge in [-0.3, -0.25) is 9.69 Å². The van der Waals surface area contributed by atoms with Gasteiger partial charge in [-0.25, -0.2) is 4.79 Å². The third kappa shape index (κ3) is 2.19. The molecule has 3 rings (SSSR count). The molecule has 0 radical (unpaired) electrons. The summed E-state index contributed by atoms with van der Waals surface area (Å²) in [5.74, 6) is 0.477. The molecule has 0 aliphatic carbocycles. The molecular weight excluding hydrogens is 274 g/mol. The zero-order valence-corrected chi connectivity index (χ0v) is 11.9. The standard InChI is InChI=1S/C14H17N3O4/c1-8-13(18)16(2)11-4-3-9(5-12(11)20-8)17-7-10(6-15)21-14(17)19/h3-5,8,10H,6-7,15H2,1-2H3. The maximum absolute atomic E-state index is 11.9. The molecule has 2 heterocycles. The van der Waals surface area contributed by atoms with Crippen LogP contribution in [0.2, 0.25) is 0 Å². The summed E-state index contributed by atoms with van der Waals surface area (Å²) in [4.78, 5) is 26.8. The van der Waals surface area contributed by atoms with Crippen LogP contribution < -0.4 is 20.3 Å². The Hall–Kier alpha value is -2.28. The van der Waals surface area contributed by atoms with Crippen molar-refractivity contribution in [2.24, 2.45) is 5.73 Å². The van der Waals surface area contributed by atoms with Gasteiger partial charge in [0.15, 0.2) is 6.10 Å². The number of ether oxygens (including phenoxy) is 2. The molecule has 1 saturated heterocycles. The average Bonchev–Trinajstić information content (AvgIpc) is 2.85. The molecule has 21 heavy (non-hydrogen) atoms. The van der Waals surface area contributed by atoms with E-state index in [1.165, 1.54) is 4.90 Å². The summed E-state index contributed by atoms with van der Waals surface area (Å²) in [6, 6.07) is 5.27. The van der Waals surface area contributed by atoms with Crippen LogP contribution in [0.1, 0.15) is 6.92 Å². The second kappa shape index (κ2) is 4.92. The Labute approximate surface area is 122 Å². The molecule has 7 nitrogen and oxygen atoms in total. The van der Waals surface area contributed by atoms with E-state index in [0.29, 0.717) is 23.7 Å². The summed E-state index contributed by atoms with van der Waals surface area (Å²) in [5.41, 5.74) is 6.88. The van der Waals surface area contributed by atoms with Gasteiger partial charge < -0.3 is 20.1 Å². The van der Waals surface area contributed by atoms with E-state index in [1.54, 1.807) is 37.1 Å². The number of cyclic esters (lactones) is 1. The Balaban J connectivity index is 1.92. The number of amides is 2. The number of likely N-dealkylation sites (N-methyl/N-ethyl adjacent to an activating group) is 1. The molecule has 2 aliphatic heterocycles. The van der Waals surface area contributed by atoms with Crippen molar-refractivity contribution < 1.29 is 19.1 Å². The number of carbonyl (C=O) groups is 2. The Kier molecular flexibility index (Phi) is 3.21. The van der Waals surface area contributed by atoms with Crippen LogP contribution in [0.25, 0.3) is 0 Å². The Morgan fingerprint density at radius 2 is 2.10 bits per heavy atom. The maximum atomic E-state index is 11.9. The summed E-state index contributed by atoms with van der Waals surface area (Å²) in [5, 5.41) is 0. The Bertz CT molecular complexity index is 604. The minimum atomic E-state index is -0.542. The SMILES string of the molecule is CC1Oc2cc(N3CC(CN)OC3=O)ccc2N(C)C1=O. The number of nitrogens with zero attached hydrogens (tertiary/aromatic N) is 2. The van der Waals surface area contributed by atoms with Gasteiger partial charge in [-0.1, -0.05) is 0 Å². The number of hydrogen-bond acceptors (Lipinski definition) is 5. The highest BCUT2D eigenvalue weighted by molar-refractivity contribution is 6.00. The number of hydrogen-bond donors (Lipinski definition) is 1. The van der Waals surface area contributed by atoms with Crippen molar-refractivity contribution in [2.45, 2.75) is 19.1 Å². The molecule has 2 atom stereocenters. The molecule has 1 aromatic carbocycles. The van der Waals surface area contributed by atoms with Crippen LogP contribution in [-0.2, 0) is 9.53 Å². The molecule has 7 heteroatoms. The lowest BCUT2D eigenvalue weighted by atomic mass is 10.1. The van der Waals surface area contributed by atoms with Crippen molar-refractivity contribution in [1.29, 1.82) is 0 Å². The molecule has 2 aliphatic rings. The zero-order valence-electron chi connectivity index (χ0n) is 11.9. The fourth-order valence-electron chi connectivity index (χ4n) is 2.53. The van der Waals surface area contributed by atoms with E-state index in [2.05, 4.69) is 0 Å². The highest BCUT2D eigenvalue weighted by atomic mass is 16.6. The summed E-state index contributed by atoms with van der Waals surface area (Å²) >= 11 is 0. The van der Waals surface area contributed by atoms with Crippen molar-refractivity contribution >= 4 is 23.4 Å². The monoisotopic (exact) mass is 291 g/mol. The van der Waals surface area contributed by atoms with Crippen LogP contribution in [0.5, 0.6) is 5.75 Å². The van der Waals surface area contributed by atoms with Crippen LogP contribution in [-0.4, -0.2) is 44.3 Å². The van der Waals surface area contributed by atoms with Crippen LogP contribution in [0.3, 0.4) is 0 Å². The largest absolute Gasteiger partial charge is 0.479 e. The quantitative estimate of drug-likeness (QED) is 0.867. The van der Waals surface area contributed by atoms with Gasteiger partial charge in [0.25, 0.3) is 5.91 Å². The predicted molar refractivity (Wildman–Crippen MR) is 76.6 cm³/mol. The minimum Gasteiger partial charge on any atom is -0.479 e. The van der Waals surface area contributed by atoms with E-state index in [4.69, 9.17) is 15.2 Å². The topological polar surface area (TPSA) is 85.1 Å². The van der Waals surface area contributed by atoms with Crippen molar-refractivity contribution in [3.8, 4) is 5.75 Å². The lowest BCUT2D eigenvalue weighted by Crippen LogP contribution is -2.42. The van der Waals surface area contributed by atoms with Gasteiger partial charge >= 0.3 is 6.09 Å². The number of rotatable bonds is 2. The van der Waals surface area contributed by atoms with Crippen molar-refractivity contribution in [1.82, 2.24) is 0 Å². The number of fused-ring (bicyclic) bond motifs is 1. The molecule has 1 aromatic rings. The second-order valence-corrected chi connectivity index (χ2v) is 5.16. The minimum absolute atomic E-state index is 0.0981. The molecule has 112 valence electrons. The summed E-state index contributed by atoms with van der Waals surface area (Å²) in [6.45, 7) is 2.40. The molecule has 2 N–H and O–H groups in total. The molecular formula is C14H17N3O4. The first-order valence-corrected chi connectivity index (χ1v) is 6.77. The average molecular weight is 291 g/mol. The second-order valence-electron chi connectivity index (χ2n) is 5.16. The lowest BCUT2D eigenvalue weighted by Gasteiger charge is -2.31. The highest BCUT2D eigenvalue weighted by Crippen LogP contribution is 2.37. The van der Waals surface area contributed by atoms with Gasteiger partial charge in [-0.2, -0.15) is 0 Å². The predicted octanol–water partition coefficient (Wildman–Crippen LogP) is 0.714. The van der Waals surface area contributed by atoms with E-state index in [1.807, 2.05) is 0 Å². The summed E-state index contributed by atoms with van der Waals surface area (Å²) in [6.07, 6.45) is -1.25. The van der Waals surface area contributed by atoms with Gasteiger partial charge in [-0.15, -0.1) is 0 Å². The highest BCUT2D eigenvalue weighted by Gasteiger charge is 2.34. The van der Waals surface area contributed by atoms with Crippen LogP contribution in [0.15, 0.2) is 18.2 Å². The van der Waals surface area contributed by atoms with Crippen molar-refractivity contribution in [3.05, 3.63) is 18.2 Å². The van der Waals surface area contributed by atoms with Gasteiger partial charge in [0, 0.05) is 19.7 Å². The maximum Gasteiger partial charge on any atom is 0.414 e. The molecule has 0 spiro atoms. The van der Waals surface area contributed by atoms with Crippen LogP contribution in [0.4, 0.5) is 16.2 Å². The Morgan fingerprint density at radius 1 is 1.33 bits per heavy atom. The van der Waals surface area contributed by atoms with Gasteiger partial charge in [-0.05, 0) is 19.1 Å². The van der Waals surface area contributed by atoms with Gasteiger partial charge in [0.1, 0.15) is 11.9 Å². The van der Waals surface area contributed by atoms with Crippen LogP contribution in [0, 0.1) is 0 Å². The lowest BCUT2D eigenvalue weighted by molar-refractivity contribution is -0.125. The number of benzene rings is 1. The first kappa shape index (κ1) is 13.7. The molecule has 2 unspecified atom stereocenters. The molecule has 0 bridgehead atoms. The molecule has 0 aromatic heterocycles. The fourth-order valence-corrected chi connectivity index (χ4v) is 2.53. The third-order valence-electron chi connectivity index (χ3n) is 3.74. The normalized spacial score (nSPS) is 24.7. The number of anilines is 2. The smallest absolute Gasteiger partial charge is 0.414 e. The summed E-state index contributed by atoms with van der Waals surface area (Å²) in [7, 11) is 1.70. The zero-order chi connectivity index (χ0) is 15.1. The number of nitrogens with two attached hydrogens (primary N) is 1.